The fraction of sp³-hybridized carbons (Fsp3) is 0.111. The van der Waals surface area contributed by atoms with Gasteiger partial charge >= 0.3 is 0 Å². The molecule has 1 rings (SSSR count). The van der Waals surface area contributed by atoms with Crippen LogP contribution in [0.3, 0.4) is 0 Å². The molecule has 12 heavy (non-hydrogen) atoms. The van der Waals surface area contributed by atoms with E-state index in [1.165, 1.54) is 18.2 Å². The molecule has 0 N–H and O–H groups in total. The van der Waals surface area contributed by atoms with E-state index < -0.39 is 12.2 Å². The second-order valence-corrected chi connectivity index (χ2v) is 2.05. The van der Waals surface area contributed by atoms with E-state index in [0.29, 0.717) is 0 Å². The van der Waals surface area contributed by atoms with Gasteiger partial charge < -0.3 is 0 Å². The highest BCUT2D eigenvalue weighted by atomic mass is 19.3. The Morgan fingerprint density at radius 2 is 1.83 bits per heavy atom. The molecule has 0 unspecified atom stereocenters. The topological polar surface area (TPSA) is 0 Å². The Labute approximate surface area is 68.0 Å². The lowest BCUT2D eigenvalue weighted by Gasteiger charge is -1.90. The molecule has 1 aromatic carbocycles. The molecule has 0 atom stereocenters. The minimum Gasteiger partial charge on any atom is -0.206 e. The van der Waals surface area contributed by atoms with Gasteiger partial charge in [0.15, 0.2) is 0 Å². The first-order valence-electron chi connectivity index (χ1n) is 3.24. The highest BCUT2D eigenvalue weighted by Crippen LogP contribution is 2.04. The van der Waals surface area contributed by atoms with Gasteiger partial charge in [-0.3, -0.25) is 0 Å². The molecule has 62 valence electrons. The Balaban J connectivity index is 2.92. The zero-order valence-corrected chi connectivity index (χ0v) is 6.02. The van der Waals surface area contributed by atoms with Crippen molar-refractivity contribution in [2.45, 2.75) is 6.43 Å². The molecular weight excluding hydrogens is 165 g/mol. The van der Waals surface area contributed by atoms with Gasteiger partial charge in [-0.05, 0) is 18.1 Å². The minimum absolute atomic E-state index is 0.00204. The zero-order chi connectivity index (χ0) is 8.97. The summed E-state index contributed by atoms with van der Waals surface area (Å²) in [5, 5.41) is 0. The summed E-state index contributed by atoms with van der Waals surface area (Å²) in [5.74, 6) is 3.04. The van der Waals surface area contributed by atoms with Crippen LogP contribution < -0.4 is 0 Å². The van der Waals surface area contributed by atoms with Crippen molar-refractivity contribution < 1.29 is 13.2 Å². The third kappa shape index (κ3) is 2.31. The predicted octanol–water partition coefficient (Wildman–Crippen LogP) is 2.44. The van der Waals surface area contributed by atoms with Crippen LogP contribution in [-0.2, 0) is 0 Å². The summed E-state index contributed by atoms with van der Waals surface area (Å²) in [4.78, 5) is 0. The lowest BCUT2D eigenvalue weighted by atomic mass is 10.2. The number of hydrogen-bond donors (Lipinski definition) is 0. The van der Waals surface area contributed by atoms with Crippen molar-refractivity contribution in [1.29, 1.82) is 0 Å². The molecule has 0 bridgehead atoms. The number of hydrogen-bond acceptors (Lipinski definition) is 0. The molecule has 1 aromatic rings. The molecule has 0 aliphatic carbocycles. The standard InChI is InChI=1S/C9H5F3/c10-8-4-2-1-3-7(8)5-6-9(11)12/h1-4,9H. The molecule has 0 heterocycles. The normalized spacial score (nSPS) is 9.33. The number of alkyl halides is 2. The van der Waals surface area contributed by atoms with Crippen molar-refractivity contribution >= 4 is 0 Å². The predicted molar refractivity (Wildman–Crippen MR) is 39.3 cm³/mol. The van der Waals surface area contributed by atoms with Crippen LogP contribution >= 0.6 is 0 Å². The molecule has 3 heteroatoms. The molecule has 0 saturated heterocycles. The molecule has 0 saturated carbocycles. The average Bonchev–Trinajstić information content (AvgIpc) is 2.03. The van der Waals surface area contributed by atoms with Gasteiger partial charge in [-0.25, -0.2) is 4.39 Å². The molecule has 0 spiro atoms. The van der Waals surface area contributed by atoms with Gasteiger partial charge in [0.2, 0.25) is 0 Å². The van der Waals surface area contributed by atoms with E-state index in [1.807, 2.05) is 5.92 Å². The first-order chi connectivity index (χ1) is 5.70. The van der Waals surface area contributed by atoms with E-state index in [0.717, 1.165) is 0 Å². The third-order valence-corrected chi connectivity index (χ3v) is 1.19. The molecule has 0 aliphatic rings. The quantitative estimate of drug-likeness (QED) is 0.524. The summed E-state index contributed by atoms with van der Waals surface area (Å²) in [6.07, 6.45) is -2.72. The van der Waals surface area contributed by atoms with Crippen LogP contribution in [0, 0.1) is 17.7 Å². The lowest BCUT2D eigenvalue weighted by molar-refractivity contribution is 0.215. The summed E-state index contributed by atoms with van der Waals surface area (Å²) in [6.45, 7) is 0. The maximum absolute atomic E-state index is 12.7. The molecular formula is C9H5F3. The van der Waals surface area contributed by atoms with Gasteiger partial charge in [0.05, 0.1) is 5.56 Å². The Morgan fingerprint density at radius 1 is 1.17 bits per heavy atom. The van der Waals surface area contributed by atoms with Crippen LogP contribution in [0.15, 0.2) is 24.3 Å². The van der Waals surface area contributed by atoms with Gasteiger partial charge in [-0.1, -0.05) is 18.1 Å². The van der Waals surface area contributed by atoms with Gasteiger partial charge in [0, 0.05) is 0 Å². The van der Waals surface area contributed by atoms with Crippen LogP contribution in [0.5, 0.6) is 0 Å². The van der Waals surface area contributed by atoms with Crippen molar-refractivity contribution in [2.75, 3.05) is 0 Å². The van der Waals surface area contributed by atoms with Crippen molar-refractivity contribution in [3.63, 3.8) is 0 Å². The van der Waals surface area contributed by atoms with E-state index in [4.69, 9.17) is 0 Å². The van der Waals surface area contributed by atoms with Crippen LogP contribution in [0.25, 0.3) is 0 Å². The van der Waals surface area contributed by atoms with E-state index in [-0.39, 0.29) is 5.56 Å². The maximum atomic E-state index is 12.7. The molecule has 0 amide bonds. The molecule has 0 nitrogen and oxygen atoms in total. The smallest absolute Gasteiger partial charge is 0.206 e. The Morgan fingerprint density at radius 3 is 2.42 bits per heavy atom. The second-order valence-electron chi connectivity index (χ2n) is 2.05. The zero-order valence-electron chi connectivity index (χ0n) is 6.02. The molecule has 0 fully saturated rings. The van der Waals surface area contributed by atoms with Gasteiger partial charge in [0.25, 0.3) is 6.43 Å². The fourth-order valence-electron chi connectivity index (χ4n) is 0.695. The lowest BCUT2D eigenvalue weighted by Crippen LogP contribution is -1.85. The van der Waals surface area contributed by atoms with E-state index in [2.05, 4.69) is 0 Å². The largest absolute Gasteiger partial charge is 0.299 e. The van der Waals surface area contributed by atoms with E-state index >= 15 is 0 Å². The number of benzene rings is 1. The van der Waals surface area contributed by atoms with Gasteiger partial charge in [0.1, 0.15) is 5.82 Å². The monoisotopic (exact) mass is 170 g/mol. The average molecular weight is 170 g/mol. The Hall–Kier alpha value is -1.43. The highest BCUT2D eigenvalue weighted by Gasteiger charge is 1.96. The first kappa shape index (κ1) is 8.66. The third-order valence-electron chi connectivity index (χ3n) is 1.19. The van der Waals surface area contributed by atoms with Gasteiger partial charge in [-0.15, -0.1) is 0 Å². The number of halogens is 3. The van der Waals surface area contributed by atoms with E-state index in [1.54, 1.807) is 12.0 Å². The summed E-state index contributed by atoms with van der Waals surface area (Å²) in [7, 11) is 0. The Kier molecular flexibility index (Phi) is 2.76. The summed E-state index contributed by atoms with van der Waals surface area (Å²) < 4.78 is 35.8. The summed E-state index contributed by atoms with van der Waals surface area (Å²) >= 11 is 0. The highest BCUT2D eigenvalue weighted by molar-refractivity contribution is 5.35. The molecule has 0 radical (unpaired) electrons. The molecule has 0 aromatic heterocycles. The van der Waals surface area contributed by atoms with Crippen molar-refractivity contribution in [2.24, 2.45) is 0 Å². The van der Waals surface area contributed by atoms with Crippen LogP contribution in [0.2, 0.25) is 0 Å². The second kappa shape index (κ2) is 3.82. The minimum atomic E-state index is -2.72. The van der Waals surface area contributed by atoms with Crippen molar-refractivity contribution in [1.82, 2.24) is 0 Å². The van der Waals surface area contributed by atoms with Gasteiger partial charge in [-0.2, -0.15) is 8.78 Å². The van der Waals surface area contributed by atoms with Crippen LogP contribution in [0.4, 0.5) is 13.2 Å². The van der Waals surface area contributed by atoms with Crippen molar-refractivity contribution in [3.05, 3.63) is 35.6 Å². The number of rotatable bonds is 0. The van der Waals surface area contributed by atoms with Crippen LogP contribution in [-0.4, -0.2) is 6.43 Å². The summed E-state index contributed by atoms with van der Waals surface area (Å²) in [6, 6.07) is 5.54. The first-order valence-corrected chi connectivity index (χ1v) is 3.24. The Bertz CT molecular complexity index is 320. The van der Waals surface area contributed by atoms with Crippen molar-refractivity contribution in [3.8, 4) is 11.8 Å². The SMILES string of the molecule is Fc1ccccc1C#CC(F)F. The van der Waals surface area contributed by atoms with E-state index in [9.17, 15) is 13.2 Å². The maximum Gasteiger partial charge on any atom is 0.299 e. The fourth-order valence-corrected chi connectivity index (χ4v) is 0.695. The van der Waals surface area contributed by atoms with Crippen LogP contribution in [0.1, 0.15) is 5.56 Å². The summed E-state index contributed by atoms with van der Waals surface area (Å²) in [5.41, 5.74) is -0.00204. The molecule has 0 aliphatic heterocycles.